The average molecular weight is 386 g/mol. The molecule has 8 heteroatoms. The fourth-order valence-electron chi connectivity index (χ4n) is 2.95. The molecule has 3 rings (SSSR count). The second-order valence-electron chi connectivity index (χ2n) is 6.82. The van der Waals surface area contributed by atoms with E-state index in [9.17, 15) is 9.59 Å². The first-order valence-electron chi connectivity index (χ1n) is 9.40. The molecule has 2 aromatic rings. The fourth-order valence-corrected chi connectivity index (χ4v) is 2.95. The summed E-state index contributed by atoms with van der Waals surface area (Å²) in [4.78, 5) is 24.0. The van der Waals surface area contributed by atoms with Gasteiger partial charge in [-0.25, -0.2) is 9.59 Å². The van der Waals surface area contributed by atoms with Gasteiger partial charge in [-0.2, -0.15) is 0 Å². The molecule has 1 aromatic carbocycles. The number of urea groups is 2. The van der Waals surface area contributed by atoms with E-state index in [1.807, 2.05) is 26.0 Å². The summed E-state index contributed by atoms with van der Waals surface area (Å²) < 4.78 is 11.0. The molecule has 1 aliphatic heterocycles. The number of carbonyl (C=O) groups excluding carboxylic acids is 2. The zero-order chi connectivity index (χ0) is 19.9. The van der Waals surface area contributed by atoms with Crippen LogP contribution in [0.25, 0.3) is 0 Å². The van der Waals surface area contributed by atoms with Crippen LogP contribution in [-0.4, -0.2) is 31.3 Å². The minimum atomic E-state index is -0.337. The number of furan rings is 1. The summed E-state index contributed by atoms with van der Waals surface area (Å²) in [6.45, 7) is 4.96. The summed E-state index contributed by atoms with van der Waals surface area (Å²) in [6.07, 6.45) is 2.11. The van der Waals surface area contributed by atoms with Crippen molar-refractivity contribution in [2.75, 3.05) is 23.8 Å². The predicted octanol–water partition coefficient (Wildman–Crippen LogP) is 3.77. The van der Waals surface area contributed by atoms with Gasteiger partial charge in [0.15, 0.2) is 0 Å². The molecular formula is C20H26N4O4. The number of amides is 4. The normalized spacial score (nSPS) is 17.0. The van der Waals surface area contributed by atoms with Crippen molar-refractivity contribution < 1.29 is 18.7 Å². The SMILES string of the molecule is Cc1ccc(C(C)NC(=O)Nc2ccc(NC(=O)NCC3CCCO3)cc2)o1. The first-order chi connectivity index (χ1) is 13.5. The Bertz CT molecular complexity index is 797. The fraction of sp³-hybridized carbons (Fsp3) is 0.400. The molecule has 4 N–H and O–H groups in total. The molecule has 1 saturated heterocycles. The van der Waals surface area contributed by atoms with Crippen molar-refractivity contribution in [1.82, 2.24) is 10.6 Å². The van der Waals surface area contributed by atoms with E-state index in [0.29, 0.717) is 23.7 Å². The maximum atomic E-state index is 12.1. The quantitative estimate of drug-likeness (QED) is 0.606. The van der Waals surface area contributed by atoms with Crippen molar-refractivity contribution in [2.24, 2.45) is 0 Å². The maximum Gasteiger partial charge on any atom is 0.319 e. The predicted molar refractivity (Wildman–Crippen MR) is 106 cm³/mol. The molecule has 0 spiro atoms. The third kappa shape index (κ3) is 5.75. The Hall–Kier alpha value is -3.00. The molecular weight excluding hydrogens is 360 g/mol. The number of benzene rings is 1. The average Bonchev–Trinajstić information content (AvgIpc) is 3.33. The summed E-state index contributed by atoms with van der Waals surface area (Å²) in [5.41, 5.74) is 1.25. The van der Waals surface area contributed by atoms with Gasteiger partial charge >= 0.3 is 12.1 Å². The third-order valence-corrected chi connectivity index (χ3v) is 4.45. The zero-order valence-electron chi connectivity index (χ0n) is 16.1. The van der Waals surface area contributed by atoms with Gasteiger partial charge in [-0.15, -0.1) is 0 Å². The van der Waals surface area contributed by atoms with Crippen LogP contribution in [0.1, 0.15) is 37.3 Å². The van der Waals surface area contributed by atoms with Gasteiger partial charge in [0.25, 0.3) is 0 Å². The van der Waals surface area contributed by atoms with Crippen LogP contribution in [0.2, 0.25) is 0 Å². The van der Waals surface area contributed by atoms with Crippen molar-refractivity contribution in [3.8, 4) is 0 Å². The smallest absolute Gasteiger partial charge is 0.319 e. The molecule has 2 unspecified atom stereocenters. The van der Waals surface area contributed by atoms with Crippen LogP contribution < -0.4 is 21.3 Å². The molecule has 1 fully saturated rings. The lowest BCUT2D eigenvalue weighted by atomic mass is 10.2. The number of rotatable bonds is 6. The van der Waals surface area contributed by atoms with Crippen LogP contribution in [0.3, 0.4) is 0 Å². The largest absolute Gasteiger partial charge is 0.464 e. The Morgan fingerprint density at radius 3 is 2.32 bits per heavy atom. The van der Waals surface area contributed by atoms with E-state index in [1.54, 1.807) is 24.3 Å². The second kappa shape index (κ2) is 9.27. The molecule has 150 valence electrons. The molecule has 1 aliphatic rings. The van der Waals surface area contributed by atoms with Crippen LogP contribution in [0.5, 0.6) is 0 Å². The van der Waals surface area contributed by atoms with E-state index in [1.165, 1.54) is 0 Å². The zero-order valence-corrected chi connectivity index (χ0v) is 16.1. The second-order valence-corrected chi connectivity index (χ2v) is 6.82. The highest BCUT2D eigenvalue weighted by molar-refractivity contribution is 5.91. The first-order valence-corrected chi connectivity index (χ1v) is 9.40. The number of aryl methyl sites for hydroxylation is 1. The molecule has 8 nitrogen and oxygen atoms in total. The molecule has 0 aliphatic carbocycles. The lowest BCUT2D eigenvalue weighted by Crippen LogP contribution is -2.35. The molecule has 0 bridgehead atoms. The lowest BCUT2D eigenvalue weighted by molar-refractivity contribution is 0.112. The summed E-state index contributed by atoms with van der Waals surface area (Å²) in [5.74, 6) is 1.49. The van der Waals surface area contributed by atoms with Gasteiger partial charge in [-0.1, -0.05) is 0 Å². The highest BCUT2D eigenvalue weighted by Crippen LogP contribution is 2.17. The van der Waals surface area contributed by atoms with Gasteiger partial charge in [-0.3, -0.25) is 0 Å². The van der Waals surface area contributed by atoms with E-state index >= 15 is 0 Å². The van der Waals surface area contributed by atoms with Crippen molar-refractivity contribution in [2.45, 2.75) is 38.8 Å². The monoisotopic (exact) mass is 386 g/mol. The van der Waals surface area contributed by atoms with Crippen LogP contribution in [0.15, 0.2) is 40.8 Å². The summed E-state index contributed by atoms with van der Waals surface area (Å²) in [5, 5.41) is 11.1. The van der Waals surface area contributed by atoms with Gasteiger partial charge < -0.3 is 30.4 Å². The number of carbonyl (C=O) groups is 2. The standard InChI is InChI=1S/C20H26N4O4/c1-13-5-10-18(28-13)14(2)22-20(26)24-16-8-6-15(7-9-16)23-19(25)21-12-17-4-3-11-27-17/h5-10,14,17H,3-4,11-12H2,1-2H3,(H2,21,23,25)(H2,22,24,26). The lowest BCUT2D eigenvalue weighted by Gasteiger charge is -2.13. The molecule has 4 amide bonds. The Morgan fingerprint density at radius 1 is 1.07 bits per heavy atom. The Labute approximate surface area is 164 Å². The van der Waals surface area contributed by atoms with Gasteiger partial charge in [0.2, 0.25) is 0 Å². The number of ether oxygens (including phenoxy) is 1. The number of nitrogens with one attached hydrogen (secondary N) is 4. The Kier molecular flexibility index (Phi) is 6.54. The minimum Gasteiger partial charge on any atom is -0.464 e. The highest BCUT2D eigenvalue weighted by Gasteiger charge is 2.16. The van der Waals surface area contributed by atoms with Gasteiger partial charge in [-0.05, 0) is 63.1 Å². The Morgan fingerprint density at radius 2 is 1.75 bits per heavy atom. The molecule has 28 heavy (non-hydrogen) atoms. The van der Waals surface area contributed by atoms with Crippen LogP contribution in [0.4, 0.5) is 21.0 Å². The van der Waals surface area contributed by atoms with Gasteiger partial charge in [0.1, 0.15) is 11.5 Å². The van der Waals surface area contributed by atoms with E-state index in [2.05, 4.69) is 21.3 Å². The molecule has 0 radical (unpaired) electrons. The molecule has 2 heterocycles. The van der Waals surface area contributed by atoms with Gasteiger partial charge in [0.05, 0.1) is 12.1 Å². The minimum absolute atomic E-state index is 0.100. The summed E-state index contributed by atoms with van der Waals surface area (Å²) in [7, 11) is 0. The molecule has 0 saturated carbocycles. The number of anilines is 2. The van der Waals surface area contributed by atoms with E-state index in [-0.39, 0.29) is 24.2 Å². The summed E-state index contributed by atoms with van der Waals surface area (Å²) >= 11 is 0. The van der Waals surface area contributed by atoms with Crippen LogP contribution in [0, 0.1) is 6.92 Å². The third-order valence-electron chi connectivity index (χ3n) is 4.45. The van der Waals surface area contributed by atoms with E-state index < -0.39 is 0 Å². The van der Waals surface area contributed by atoms with Crippen LogP contribution in [-0.2, 0) is 4.74 Å². The Balaban J connectivity index is 1.43. The van der Waals surface area contributed by atoms with Gasteiger partial charge in [0, 0.05) is 24.5 Å². The molecule has 1 aromatic heterocycles. The first kappa shape index (κ1) is 19.8. The van der Waals surface area contributed by atoms with Crippen molar-refractivity contribution in [1.29, 1.82) is 0 Å². The number of hydrogen-bond acceptors (Lipinski definition) is 4. The number of hydrogen-bond donors (Lipinski definition) is 4. The van der Waals surface area contributed by atoms with Crippen molar-refractivity contribution in [3.05, 3.63) is 47.9 Å². The summed E-state index contributed by atoms with van der Waals surface area (Å²) in [6, 6.07) is 9.71. The maximum absolute atomic E-state index is 12.1. The van der Waals surface area contributed by atoms with E-state index in [4.69, 9.17) is 9.15 Å². The highest BCUT2D eigenvalue weighted by atomic mass is 16.5. The topological polar surface area (TPSA) is 105 Å². The van der Waals surface area contributed by atoms with Crippen molar-refractivity contribution in [3.63, 3.8) is 0 Å². The van der Waals surface area contributed by atoms with Crippen molar-refractivity contribution >= 4 is 23.4 Å². The van der Waals surface area contributed by atoms with Crippen LogP contribution >= 0.6 is 0 Å². The molecule has 2 atom stereocenters. The van der Waals surface area contributed by atoms with E-state index in [0.717, 1.165) is 25.2 Å².